The summed E-state index contributed by atoms with van der Waals surface area (Å²) in [6.45, 7) is 6.38. The van der Waals surface area contributed by atoms with E-state index in [0.717, 1.165) is 18.8 Å². The molecule has 0 atom stereocenters. The maximum Gasteiger partial charge on any atom is 0.185 e. The van der Waals surface area contributed by atoms with Gasteiger partial charge in [-0.3, -0.25) is 5.43 Å². The van der Waals surface area contributed by atoms with Crippen LogP contribution < -0.4 is 10.7 Å². The predicted molar refractivity (Wildman–Crippen MR) is 80.7 cm³/mol. The molecule has 1 heterocycles. The van der Waals surface area contributed by atoms with Gasteiger partial charge in [-0.05, 0) is 56.1 Å². The van der Waals surface area contributed by atoms with Crippen LogP contribution in [0.1, 0.15) is 30.4 Å². The second-order valence-electron chi connectivity index (χ2n) is 4.86. The molecule has 2 N–H and O–H groups in total. The Hall–Kier alpha value is -1.13. The molecule has 1 aromatic rings. The summed E-state index contributed by atoms with van der Waals surface area (Å²) >= 11 is 5.36. The molecule has 0 aromatic heterocycles. The first kappa shape index (κ1) is 13.3. The number of hydrazine groups is 1. The number of nitrogens with one attached hydrogen (secondary N) is 2. The zero-order valence-electron chi connectivity index (χ0n) is 11.1. The van der Waals surface area contributed by atoms with Crippen molar-refractivity contribution in [1.29, 1.82) is 0 Å². The van der Waals surface area contributed by atoms with E-state index in [1.165, 1.54) is 30.4 Å². The van der Waals surface area contributed by atoms with E-state index in [4.69, 9.17) is 12.2 Å². The molecule has 3 nitrogen and oxygen atoms in total. The van der Waals surface area contributed by atoms with Gasteiger partial charge in [0.05, 0.1) is 0 Å². The Morgan fingerprint density at radius 2 is 1.89 bits per heavy atom. The van der Waals surface area contributed by atoms with Crippen LogP contribution in [0.25, 0.3) is 0 Å². The highest BCUT2D eigenvalue weighted by Gasteiger charge is 2.11. The maximum absolute atomic E-state index is 5.36. The quantitative estimate of drug-likeness (QED) is 0.802. The molecule has 0 amide bonds. The van der Waals surface area contributed by atoms with E-state index < -0.39 is 0 Å². The van der Waals surface area contributed by atoms with Crippen molar-refractivity contribution in [2.45, 2.75) is 33.1 Å². The average Bonchev–Trinajstić information content (AvgIpc) is 2.36. The van der Waals surface area contributed by atoms with Gasteiger partial charge in [-0.1, -0.05) is 18.6 Å². The molecule has 0 radical (unpaired) electrons. The van der Waals surface area contributed by atoms with E-state index in [9.17, 15) is 0 Å². The van der Waals surface area contributed by atoms with Crippen molar-refractivity contribution in [3.05, 3.63) is 29.3 Å². The van der Waals surface area contributed by atoms with Crippen molar-refractivity contribution < 1.29 is 0 Å². The second kappa shape index (κ2) is 6.16. The SMILES string of the molecule is Cc1cccc(NC(=S)NN2CCCCC2)c1C. The van der Waals surface area contributed by atoms with Crippen LogP contribution >= 0.6 is 12.2 Å². The fourth-order valence-corrected chi connectivity index (χ4v) is 2.43. The highest BCUT2D eigenvalue weighted by atomic mass is 32.1. The summed E-state index contributed by atoms with van der Waals surface area (Å²) in [6, 6.07) is 6.22. The number of piperidine rings is 1. The van der Waals surface area contributed by atoms with Gasteiger partial charge in [-0.15, -0.1) is 0 Å². The number of thiocarbonyl (C=S) groups is 1. The first-order valence-electron chi connectivity index (χ1n) is 6.55. The van der Waals surface area contributed by atoms with Crippen molar-refractivity contribution in [3.63, 3.8) is 0 Å². The Balaban J connectivity index is 1.92. The molecule has 1 aliphatic rings. The Labute approximate surface area is 115 Å². The number of anilines is 1. The van der Waals surface area contributed by atoms with E-state index >= 15 is 0 Å². The summed E-state index contributed by atoms with van der Waals surface area (Å²) in [5.41, 5.74) is 6.88. The molecule has 0 spiro atoms. The van der Waals surface area contributed by atoms with E-state index in [1.54, 1.807) is 0 Å². The van der Waals surface area contributed by atoms with Gasteiger partial charge < -0.3 is 5.32 Å². The second-order valence-corrected chi connectivity index (χ2v) is 5.27. The molecular formula is C14H21N3S. The van der Waals surface area contributed by atoms with Crippen LogP contribution in [0.3, 0.4) is 0 Å². The van der Waals surface area contributed by atoms with Crippen LogP contribution in [-0.4, -0.2) is 23.2 Å². The summed E-state index contributed by atoms with van der Waals surface area (Å²) in [5.74, 6) is 0. The standard InChI is InChI=1S/C14H21N3S/c1-11-7-6-8-13(12(11)2)15-14(18)16-17-9-4-3-5-10-17/h6-8H,3-5,9-10H2,1-2H3,(H2,15,16,18). The van der Waals surface area contributed by atoms with Gasteiger partial charge in [0.25, 0.3) is 0 Å². The largest absolute Gasteiger partial charge is 0.331 e. The Bertz CT molecular complexity index is 425. The van der Waals surface area contributed by atoms with E-state index in [-0.39, 0.29) is 0 Å². The molecule has 98 valence electrons. The molecule has 18 heavy (non-hydrogen) atoms. The molecule has 1 fully saturated rings. The highest BCUT2D eigenvalue weighted by molar-refractivity contribution is 7.80. The van der Waals surface area contributed by atoms with Crippen LogP contribution in [0.4, 0.5) is 5.69 Å². The van der Waals surface area contributed by atoms with Crippen molar-refractivity contribution >= 4 is 23.0 Å². The fourth-order valence-electron chi connectivity index (χ4n) is 2.19. The lowest BCUT2D eigenvalue weighted by molar-refractivity contribution is 0.196. The molecule has 1 aliphatic heterocycles. The third-order valence-electron chi connectivity index (χ3n) is 3.47. The first-order valence-corrected chi connectivity index (χ1v) is 6.96. The lowest BCUT2D eigenvalue weighted by atomic mass is 10.1. The van der Waals surface area contributed by atoms with Crippen LogP contribution in [-0.2, 0) is 0 Å². The van der Waals surface area contributed by atoms with E-state index in [2.05, 4.69) is 41.7 Å². The molecule has 0 unspecified atom stereocenters. The molecule has 0 aliphatic carbocycles. The molecular weight excluding hydrogens is 242 g/mol. The third kappa shape index (κ3) is 3.43. The number of benzene rings is 1. The Morgan fingerprint density at radius 3 is 2.61 bits per heavy atom. The molecule has 0 bridgehead atoms. The third-order valence-corrected chi connectivity index (χ3v) is 3.66. The van der Waals surface area contributed by atoms with Crippen molar-refractivity contribution in [2.75, 3.05) is 18.4 Å². The number of hydrogen-bond donors (Lipinski definition) is 2. The van der Waals surface area contributed by atoms with E-state index in [0.29, 0.717) is 5.11 Å². The van der Waals surface area contributed by atoms with Gasteiger partial charge in [-0.2, -0.15) is 0 Å². The number of nitrogens with zero attached hydrogens (tertiary/aromatic N) is 1. The molecule has 2 rings (SSSR count). The lowest BCUT2D eigenvalue weighted by Gasteiger charge is -2.28. The van der Waals surface area contributed by atoms with Gasteiger partial charge in [-0.25, -0.2) is 5.01 Å². The minimum atomic E-state index is 0.686. The van der Waals surface area contributed by atoms with Crippen molar-refractivity contribution in [3.8, 4) is 0 Å². The summed E-state index contributed by atoms with van der Waals surface area (Å²) in [5, 5.41) is 6.16. The van der Waals surface area contributed by atoms with Gasteiger partial charge in [0.1, 0.15) is 0 Å². The smallest absolute Gasteiger partial charge is 0.185 e. The molecule has 1 aromatic carbocycles. The van der Waals surface area contributed by atoms with Crippen LogP contribution in [0.5, 0.6) is 0 Å². The summed E-state index contributed by atoms with van der Waals surface area (Å²) in [4.78, 5) is 0. The zero-order valence-corrected chi connectivity index (χ0v) is 11.9. The lowest BCUT2D eigenvalue weighted by Crippen LogP contribution is -2.46. The average molecular weight is 263 g/mol. The van der Waals surface area contributed by atoms with Crippen LogP contribution in [0.15, 0.2) is 18.2 Å². The monoisotopic (exact) mass is 263 g/mol. The molecule has 1 saturated heterocycles. The minimum absolute atomic E-state index is 0.686. The Kier molecular flexibility index (Phi) is 4.55. The van der Waals surface area contributed by atoms with Gasteiger partial charge in [0.2, 0.25) is 0 Å². The predicted octanol–water partition coefficient (Wildman–Crippen LogP) is 2.99. The fraction of sp³-hybridized carbons (Fsp3) is 0.500. The molecule has 4 heteroatoms. The summed E-state index contributed by atoms with van der Waals surface area (Å²) in [7, 11) is 0. The van der Waals surface area contributed by atoms with Crippen LogP contribution in [0.2, 0.25) is 0 Å². The minimum Gasteiger partial charge on any atom is -0.331 e. The topological polar surface area (TPSA) is 27.3 Å². The van der Waals surface area contributed by atoms with Gasteiger partial charge >= 0.3 is 0 Å². The maximum atomic E-state index is 5.36. The van der Waals surface area contributed by atoms with E-state index in [1.807, 2.05) is 6.07 Å². The van der Waals surface area contributed by atoms with Gasteiger partial charge in [0.15, 0.2) is 5.11 Å². The van der Waals surface area contributed by atoms with Crippen LogP contribution in [0, 0.1) is 13.8 Å². The number of aryl methyl sites for hydroxylation is 1. The normalized spacial score (nSPS) is 16.3. The first-order chi connectivity index (χ1) is 8.66. The summed E-state index contributed by atoms with van der Waals surface area (Å²) in [6.07, 6.45) is 3.83. The summed E-state index contributed by atoms with van der Waals surface area (Å²) < 4.78 is 0. The Morgan fingerprint density at radius 1 is 1.17 bits per heavy atom. The zero-order chi connectivity index (χ0) is 13.0. The molecule has 0 saturated carbocycles. The van der Waals surface area contributed by atoms with Gasteiger partial charge in [0, 0.05) is 18.8 Å². The highest BCUT2D eigenvalue weighted by Crippen LogP contribution is 2.17. The number of rotatable bonds is 2. The van der Waals surface area contributed by atoms with Crippen molar-refractivity contribution in [2.24, 2.45) is 0 Å². The number of hydrogen-bond acceptors (Lipinski definition) is 2. The van der Waals surface area contributed by atoms with Crippen molar-refractivity contribution in [1.82, 2.24) is 10.4 Å².